The molecule has 0 aliphatic rings. The number of hydrogen-bond donors (Lipinski definition) is 1. The van der Waals surface area contributed by atoms with Crippen LogP contribution in [0, 0.1) is 22.5 Å². The molecule has 2 aromatic carbocycles. The highest BCUT2D eigenvalue weighted by Gasteiger charge is 2.26. The Labute approximate surface area is 139 Å². The molecule has 1 aromatic heterocycles. The number of nitrogens with one attached hydrogen (secondary N) is 1. The Morgan fingerprint density at radius 2 is 1.92 bits per heavy atom. The van der Waals surface area contributed by atoms with Gasteiger partial charge in [0.1, 0.15) is 12.4 Å². The fraction of sp³-hybridized carbons (Fsp3) is 0.158. The molecule has 120 valence electrons. The van der Waals surface area contributed by atoms with Gasteiger partial charge >= 0.3 is 0 Å². The van der Waals surface area contributed by atoms with Gasteiger partial charge in [-0.15, -0.1) is 6.42 Å². The second-order valence-electron chi connectivity index (χ2n) is 5.39. The van der Waals surface area contributed by atoms with Crippen molar-refractivity contribution >= 4 is 10.9 Å². The first-order chi connectivity index (χ1) is 11.7. The Morgan fingerprint density at radius 3 is 2.71 bits per heavy atom. The first-order valence-corrected chi connectivity index (χ1v) is 7.53. The van der Waals surface area contributed by atoms with Crippen LogP contribution in [0.3, 0.4) is 0 Å². The minimum absolute atomic E-state index is 0.121. The second-order valence-corrected chi connectivity index (χ2v) is 5.39. The largest absolute Gasteiger partial charge is 0.481 e. The Morgan fingerprint density at radius 1 is 1.17 bits per heavy atom. The SMILES string of the molecule is C#CCOc1ccccc1C(C[N+](=O)[O-])c1c[nH]c2ccccc12. The van der Waals surface area contributed by atoms with Gasteiger partial charge < -0.3 is 9.72 Å². The molecule has 1 unspecified atom stereocenters. The van der Waals surface area contributed by atoms with E-state index in [1.807, 2.05) is 48.7 Å². The van der Waals surface area contributed by atoms with Crippen LogP contribution in [0.25, 0.3) is 10.9 Å². The van der Waals surface area contributed by atoms with E-state index in [1.54, 1.807) is 6.07 Å². The molecule has 0 aliphatic heterocycles. The molecule has 0 amide bonds. The predicted molar refractivity (Wildman–Crippen MR) is 92.8 cm³/mol. The van der Waals surface area contributed by atoms with Crippen LogP contribution in [0.4, 0.5) is 0 Å². The summed E-state index contributed by atoms with van der Waals surface area (Å²) in [6.07, 6.45) is 7.09. The van der Waals surface area contributed by atoms with Crippen LogP contribution in [0.1, 0.15) is 17.0 Å². The molecule has 0 saturated heterocycles. The number of terminal acetylenes is 1. The van der Waals surface area contributed by atoms with E-state index in [0.29, 0.717) is 5.75 Å². The summed E-state index contributed by atoms with van der Waals surface area (Å²) in [6.45, 7) is -0.103. The molecule has 1 atom stereocenters. The number of nitrogens with zero attached hydrogens (tertiary/aromatic N) is 1. The summed E-state index contributed by atoms with van der Waals surface area (Å²) in [7, 11) is 0. The maximum absolute atomic E-state index is 11.3. The first kappa shape index (κ1) is 15.6. The van der Waals surface area contributed by atoms with Crippen molar-refractivity contribution in [3.05, 3.63) is 76.0 Å². The molecule has 1 N–H and O–H groups in total. The Kier molecular flexibility index (Phi) is 4.48. The van der Waals surface area contributed by atoms with Gasteiger partial charge in [0.25, 0.3) is 0 Å². The zero-order valence-corrected chi connectivity index (χ0v) is 12.9. The van der Waals surface area contributed by atoms with Crippen molar-refractivity contribution in [3.8, 4) is 18.1 Å². The summed E-state index contributed by atoms with van der Waals surface area (Å²) in [5.74, 6) is 2.58. The third-order valence-corrected chi connectivity index (χ3v) is 3.93. The molecule has 5 nitrogen and oxygen atoms in total. The fourth-order valence-electron chi connectivity index (χ4n) is 2.91. The highest BCUT2D eigenvalue weighted by Crippen LogP contribution is 2.35. The van der Waals surface area contributed by atoms with Crippen molar-refractivity contribution in [1.82, 2.24) is 4.98 Å². The summed E-state index contributed by atoms with van der Waals surface area (Å²) >= 11 is 0. The Hall–Kier alpha value is -3.26. The monoisotopic (exact) mass is 320 g/mol. The summed E-state index contributed by atoms with van der Waals surface area (Å²) in [5.41, 5.74) is 2.58. The number of nitro groups is 1. The van der Waals surface area contributed by atoms with Crippen molar-refractivity contribution in [2.75, 3.05) is 13.2 Å². The quantitative estimate of drug-likeness (QED) is 0.429. The molecule has 24 heavy (non-hydrogen) atoms. The number of H-pyrrole nitrogens is 1. The zero-order chi connectivity index (χ0) is 16.9. The lowest BCUT2D eigenvalue weighted by molar-refractivity contribution is -0.481. The number of ether oxygens (including phenoxy) is 1. The van der Waals surface area contributed by atoms with E-state index >= 15 is 0 Å². The highest BCUT2D eigenvalue weighted by molar-refractivity contribution is 5.84. The van der Waals surface area contributed by atoms with Gasteiger partial charge in [-0.3, -0.25) is 10.1 Å². The average molecular weight is 320 g/mol. The summed E-state index contributed by atoms with van der Waals surface area (Å²) < 4.78 is 5.59. The zero-order valence-electron chi connectivity index (χ0n) is 12.9. The van der Waals surface area contributed by atoms with E-state index < -0.39 is 5.92 Å². The van der Waals surface area contributed by atoms with E-state index in [-0.39, 0.29) is 18.1 Å². The standard InChI is InChI=1S/C19H16N2O3/c1-2-11-24-19-10-6-4-8-15(19)17(13-21(22)23)16-12-20-18-9-5-3-7-14(16)18/h1,3-10,12,17,20H,11,13H2. The summed E-state index contributed by atoms with van der Waals surface area (Å²) in [4.78, 5) is 14.1. The van der Waals surface area contributed by atoms with Crippen molar-refractivity contribution in [2.45, 2.75) is 5.92 Å². The fourth-order valence-corrected chi connectivity index (χ4v) is 2.91. The van der Waals surface area contributed by atoms with Gasteiger partial charge in [-0.05, 0) is 17.7 Å². The molecule has 0 bridgehead atoms. The number of fused-ring (bicyclic) bond motifs is 1. The minimum Gasteiger partial charge on any atom is -0.481 e. The number of para-hydroxylation sites is 2. The number of rotatable bonds is 6. The van der Waals surface area contributed by atoms with Crippen LogP contribution in [-0.4, -0.2) is 23.1 Å². The topological polar surface area (TPSA) is 68.2 Å². The lowest BCUT2D eigenvalue weighted by Gasteiger charge is -2.17. The normalized spacial score (nSPS) is 11.8. The van der Waals surface area contributed by atoms with Crippen LogP contribution < -0.4 is 4.74 Å². The molecule has 5 heteroatoms. The third-order valence-electron chi connectivity index (χ3n) is 3.93. The molecular formula is C19H16N2O3. The van der Waals surface area contributed by atoms with Crippen LogP contribution in [0.2, 0.25) is 0 Å². The van der Waals surface area contributed by atoms with Gasteiger partial charge in [-0.2, -0.15) is 0 Å². The lowest BCUT2D eigenvalue weighted by atomic mass is 9.90. The van der Waals surface area contributed by atoms with Crippen molar-refractivity contribution in [2.24, 2.45) is 0 Å². The maximum atomic E-state index is 11.3. The van der Waals surface area contributed by atoms with E-state index in [9.17, 15) is 10.1 Å². The Balaban J connectivity index is 2.11. The summed E-state index contributed by atoms with van der Waals surface area (Å²) in [6, 6.07) is 15.1. The van der Waals surface area contributed by atoms with Crippen molar-refractivity contribution in [3.63, 3.8) is 0 Å². The van der Waals surface area contributed by atoms with Gasteiger partial charge in [-0.25, -0.2) is 0 Å². The molecule has 0 spiro atoms. The molecule has 0 saturated carbocycles. The lowest BCUT2D eigenvalue weighted by Crippen LogP contribution is -2.15. The molecule has 1 heterocycles. The molecule has 3 aromatic rings. The number of benzene rings is 2. The van der Waals surface area contributed by atoms with Crippen LogP contribution >= 0.6 is 0 Å². The van der Waals surface area contributed by atoms with Gasteiger partial charge in [0, 0.05) is 27.6 Å². The van der Waals surface area contributed by atoms with E-state index in [2.05, 4.69) is 10.9 Å². The highest BCUT2D eigenvalue weighted by atomic mass is 16.6. The smallest absolute Gasteiger partial charge is 0.214 e. The van der Waals surface area contributed by atoms with E-state index in [0.717, 1.165) is 22.0 Å². The number of aromatic amines is 1. The van der Waals surface area contributed by atoms with Crippen molar-refractivity contribution in [1.29, 1.82) is 0 Å². The van der Waals surface area contributed by atoms with E-state index in [1.165, 1.54) is 0 Å². The van der Waals surface area contributed by atoms with Crippen LogP contribution in [0.15, 0.2) is 54.7 Å². The predicted octanol–water partition coefficient (Wildman–Crippen LogP) is 3.59. The molecular weight excluding hydrogens is 304 g/mol. The molecule has 3 rings (SSSR count). The van der Waals surface area contributed by atoms with Crippen molar-refractivity contribution < 1.29 is 9.66 Å². The first-order valence-electron chi connectivity index (χ1n) is 7.53. The van der Waals surface area contributed by atoms with E-state index in [4.69, 9.17) is 11.2 Å². The van der Waals surface area contributed by atoms with Crippen LogP contribution in [-0.2, 0) is 0 Å². The average Bonchev–Trinajstić information content (AvgIpc) is 3.02. The summed E-state index contributed by atoms with van der Waals surface area (Å²) in [5, 5.41) is 12.2. The van der Waals surface area contributed by atoms with Gasteiger partial charge in [-0.1, -0.05) is 42.3 Å². The number of aromatic nitrogens is 1. The maximum Gasteiger partial charge on any atom is 0.214 e. The van der Waals surface area contributed by atoms with Gasteiger partial charge in [0.05, 0.1) is 5.92 Å². The van der Waals surface area contributed by atoms with Gasteiger partial charge in [0.15, 0.2) is 0 Å². The Bertz CT molecular complexity index is 908. The number of hydrogen-bond acceptors (Lipinski definition) is 3. The van der Waals surface area contributed by atoms with Crippen LogP contribution in [0.5, 0.6) is 5.75 Å². The third kappa shape index (κ3) is 3.08. The molecule has 0 fully saturated rings. The minimum atomic E-state index is -0.426. The molecule has 0 radical (unpaired) electrons. The molecule has 0 aliphatic carbocycles. The second kappa shape index (κ2) is 6.88. The van der Waals surface area contributed by atoms with Gasteiger partial charge in [0.2, 0.25) is 6.54 Å².